The van der Waals surface area contributed by atoms with Gasteiger partial charge in [0.15, 0.2) is 0 Å². The molecule has 0 aliphatic carbocycles. The van der Waals surface area contributed by atoms with Crippen molar-refractivity contribution in [2.75, 3.05) is 13.1 Å². The van der Waals surface area contributed by atoms with E-state index >= 15 is 0 Å². The van der Waals surface area contributed by atoms with Gasteiger partial charge in [-0.1, -0.05) is 18.2 Å². The van der Waals surface area contributed by atoms with Crippen LogP contribution in [0.1, 0.15) is 50.0 Å². The Kier molecular flexibility index (Phi) is 5.67. The maximum Gasteiger partial charge on any atom is 0.410 e. The van der Waals surface area contributed by atoms with Crippen LogP contribution < -0.4 is 4.74 Å². The minimum Gasteiger partial charge on any atom is -0.463 e. The number of nitrogens with zero attached hydrogens (tertiary/aromatic N) is 6. The van der Waals surface area contributed by atoms with Gasteiger partial charge in [-0.15, -0.1) is 16.4 Å². The highest BCUT2D eigenvalue weighted by Gasteiger charge is 2.33. The third-order valence-corrected chi connectivity index (χ3v) is 5.60. The Morgan fingerprint density at radius 3 is 2.77 bits per heavy atom. The fraction of sp³-hybridized carbons (Fsp3) is 0.450. The molecule has 158 valence electrons. The maximum absolute atomic E-state index is 12.4. The van der Waals surface area contributed by atoms with Gasteiger partial charge in [0.05, 0.1) is 5.01 Å². The second-order valence-electron chi connectivity index (χ2n) is 8.10. The van der Waals surface area contributed by atoms with Crippen molar-refractivity contribution < 1.29 is 14.3 Å². The van der Waals surface area contributed by atoms with Gasteiger partial charge in [0.25, 0.3) is 0 Å². The molecule has 9 nitrogen and oxygen atoms in total. The topological polar surface area (TPSA) is 95.3 Å². The highest BCUT2D eigenvalue weighted by atomic mass is 32.1. The lowest BCUT2D eigenvalue weighted by Gasteiger charge is -2.24. The third kappa shape index (κ3) is 4.76. The largest absolute Gasteiger partial charge is 0.463 e. The number of aromatic nitrogens is 5. The van der Waals surface area contributed by atoms with Crippen molar-refractivity contribution in [2.24, 2.45) is 0 Å². The van der Waals surface area contributed by atoms with Crippen LogP contribution in [0.15, 0.2) is 42.0 Å². The third-order valence-electron chi connectivity index (χ3n) is 4.58. The predicted octanol–water partition coefficient (Wildman–Crippen LogP) is 3.48. The summed E-state index contributed by atoms with van der Waals surface area (Å²) < 4.78 is 13.1. The number of thiazole rings is 1. The van der Waals surface area contributed by atoms with Crippen molar-refractivity contribution in [3.63, 3.8) is 0 Å². The lowest BCUT2D eigenvalue weighted by molar-refractivity contribution is 0.0292. The Morgan fingerprint density at radius 2 is 2.07 bits per heavy atom. The number of hydrogen-bond acceptors (Lipinski definition) is 8. The normalized spacial score (nSPS) is 17.7. The zero-order chi connectivity index (χ0) is 21.1. The molecule has 1 saturated heterocycles. The van der Waals surface area contributed by atoms with Crippen LogP contribution in [-0.4, -0.2) is 54.9 Å². The summed E-state index contributed by atoms with van der Waals surface area (Å²) >= 11 is 1.56. The molecular formula is C20H24N6O3S. The molecule has 1 aromatic carbocycles. The first kappa shape index (κ1) is 20.3. The molecule has 2 atom stereocenters. The highest BCUT2D eigenvalue weighted by molar-refractivity contribution is 7.09. The summed E-state index contributed by atoms with van der Waals surface area (Å²) in [5.41, 5.74) is 0.221. The van der Waals surface area contributed by atoms with E-state index in [1.807, 2.05) is 56.5 Å². The predicted molar refractivity (Wildman–Crippen MR) is 110 cm³/mol. The number of benzene rings is 1. The van der Waals surface area contributed by atoms with E-state index in [0.717, 1.165) is 17.1 Å². The zero-order valence-electron chi connectivity index (χ0n) is 17.1. The van der Waals surface area contributed by atoms with Crippen LogP contribution in [0.5, 0.6) is 5.75 Å². The van der Waals surface area contributed by atoms with Gasteiger partial charge in [0.2, 0.25) is 6.23 Å². The van der Waals surface area contributed by atoms with Crippen LogP contribution in [0.25, 0.3) is 0 Å². The minimum atomic E-state index is -0.573. The Hall–Kier alpha value is -3.01. The van der Waals surface area contributed by atoms with E-state index in [4.69, 9.17) is 14.5 Å². The molecule has 0 radical (unpaired) electrons. The van der Waals surface area contributed by atoms with Crippen molar-refractivity contribution >= 4 is 17.4 Å². The fourth-order valence-corrected chi connectivity index (χ4v) is 4.16. The molecule has 0 N–H and O–H groups in total. The van der Waals surface area contributed by atoms with E-state index in [0.29, 0.717) is 18.8 Å². The molecule has 2 unspecified atom stereocenters. The number of carbonyl (C=O) groups is 1. The summed E-state index contributed by atoms with van der Waals surface area (Å²) in [5.74, 6) is 0.868. The van der Waals surface area contributed by atoms with Crippen molar-refractivity contribution in [3.8, 4) is 5.75 Å². The van der Waals surface area contributed by atoms with Gasteiger partial charge in [-0.3, -0.25) is 0 Å². The minimum absolute atomic E-state index is 0.169. The van der Waals surface area contributed by atoms with Crippen molar-refractivity contribution in [1.82, 2.24) is 30.1 Å². The van der Waals surface area contributed by atoms with E-state index in [1.165, 1.54) is 11.0 Å². The van der Waals surface area contributed by atoms with Gasteiger partial charge in [-0.05, 0) is 49.8 Å². The van der Waals surface area contributed by atoms with Gasteiger partial charge in [0.1, 0.15) is 23.4 Å². The second kappa shape index (κ2) is 8.39. The molecule has 4 rings (SSSR count). The second-order valence-corrected chi connectivity index (χ2v) is 8.99. The molecule has 0 saturated carbocycles. The van der Waals surface area contributed by atoms with Gasteiger partial charge in [-0.2, -0.15) is 4.68 Å². The number of likely N-dealkylation sites (tertiary alicyclic amines) is 1. The van der Waals surface area contributed by atoms with E-state index in [2.05, 4.69) is 15.5 Å². The number of carbonyl (C=O) groups excluding carboxylic acids is 1. The number of tetrazole rings is 1. The van der Waals surface area contributed by atoms with E-state index in [9.17, 15) is 4.79 Å². The highest BCUT2D eigenvalue weighted by Crippen LogP contribution is 2.32. The standard InChI is InChI=1S/C20H24N6O3S/c1-20(2,3)29-19(27)25-10-9-14(11-25)17-22-16(12-30-17)18(26-13-21-23-24-26)28-15-7-5-4-6-8-15/h4-8,12-14,18H,9-11H2,1-3H3. The summed E-state index contributed by atoms with van der Waals surface area (Å²) in [4.78, 5) is 18.9. The van der Waals surface area contributed by atoms with E-state index < -0.39 is 11.8 Å². The molecule has 10 heteroatoms. The van der Waals surface area contributed by atoms with Gasteiger partial charge in [-0.25, -0.2) is 9.78 Å². The monoisotopic (exact) mass is 428 g/mol. The molecule has 1 aliphatic heterocycles. The molecule has 1 amide bonds. The Balaban J connectivity index is 1.49. The molecule has 30 heavy (non-hydrogen) atoms. The average Bonchev–Trinajstić information content (AvgIpc) is 3.47. The SMILES string of the molecule is CC(C)(C)OC(=O)N1CCC(c2nc(C(Oc3ccccc3)n3cnnn3)cs2)C1. The van der Waals surface area contributed by atoms with Crippen molar-refractivity contribution in [3.05, 3.63) is 52.7 Å². The first-order valence-corrected chi connectivity index (χ1v) is 10.6. The van der Waals surface area contributed by atoms with Crippen LogP contribution in [-0.2, 0) is 4.74 Å². The molecule has 0 spiro atoms. The maximum atomic E-state index is 12.4. The smallest absolute Gasteiger partial charge is 0.410 e. The number of hydrogen-bond donors (Lipinski definition) is 0. The van der Waals surface area contributed by atoms with Crippen molar-refractivity contribution in [1.29, 1.82) is 0 Å². The number of rotatable bonds is 5. The van der Waals surface area contributed by atoms with E-state index in [1.54, 1.807) is 16.2 Å². The summed E-state index contributed by atoms with van der Waals surface area (Å²) in [6.07, 6.45) is 1.50. The molecule has 3 heterocycles. The Morgan fingerprint density at radius 1 is 1.27 bits per heavy atom. The van der Waals surface area contributed by atoms with Crippen molar-refractivity contribution in [2.45, 2.75) is 44.9 Å². The van der Waals surface area contributed by atoms with Crippen LogP contribution >= 0.6 is 11.3 Å². The zero-order valence-corrected chi connectivity index (χ0v) is 18.0. The molecule has 2 aromatic heterocycles. The Bertz CT molecular complexity index is 970. The van der Waals surface area contributed by atoms with Crippen LogP contribution in [0.3, 0.4) is 0 Å². The Labute approximate surface area is 178 Å². The summed E-state index contributed by atoms with van der Waals surface area (Å²) in [6.45, 7) is 6.87. The molecule has 3 aromatic rings. The quantitative estimate of drug-likeness (QED) is 0.614. The number of para-hydroxylation sites is 1. The molecule has 1 aliphatic rings. The van der Waals surface area contributed by atoms with Gasteiger partial charge in [0, 0.05) is 24.4 Å². The van der Waals surface area contributed by atoms with E-state index in [-0.39, 0.29) is 12.0 Å². The molecule has 1 fully saturated rings. The van der Waals surface area contributed by atoms with Crippen LogP contribution in [0, 0.1) is 0 Å². The lowest BCUT2D eigenvalue weighted by atomic mass is 10.1. The lowest BCUT2D eigenvalue weighted by Crippen LogP contribution is -2.35. The van der Waals surface area contributed by atoms with Crippen LogP contribution in [0.2, 0.25) is 0 Å². The summed E-state index contributed by atoms with van der Waals surface area (Å²) in [6, 6.07) is 9.49. The average molecular weight is 429 g/mol. The number of amides is 1. The number of ether oxygens (including phenoxy) is 2. The van der Waals surface area contributed by atoms with Gasteiger partial charge < -0.3 is 14.4 Å². The first-order valence-electron chi connectivity index (χ1n) is 9.76. The molecular weight excluding hydrogens is 404 g/mol. The molecule has 0 bridgehead atoms. The first-order chi connectivity index (χ1) is 14.4. The summed E-state index contributed by atoms with van der Waals surface area (Å²) in [7, 11) is 0. The fourth-order valence-electron chi connectivity index (χ4n) is 3.21. The van der Waals surface area contributed by atoms with Gasteiger partial charge >= 0.3 is 6.09 Å². The van der Waals surface area contributed by atoms with Crippen LogP contribution in [0.4, 0.5) is 4.79 Å². The summed E-state index contributed by atoms with van der Waals surface area (Å²) in [5, 5.41) is 14.4.